The van der Waals surface area contributed by atoms with E-state index >= 15 is 0 Å². The van der Waals surface area contributed by atoms with Crippen molar-refractivity contribution >= 4 is 15.9 Å². The molecular weight excluding hydrogens is 314 g/mol. The van der Waals surface area contributed by atoms with Crippen LogP contribution >= 0.6 is 15.9 Å². The molecule has 0 heterocycles. The number of halogens is 1. The highest BCUT2D eigenvalue weighted by atomic mass is 79.9. The lowest BCUT2D eigenvalue weighted by Gasteiger charge is -2.07. The largest absolute Gasteiger partial charge is 0.492 e. The molecule has 2 nitrogen and oxygen atoms in total. The summed E-state index contributed by atoms with van der Waals surface area (Å²) in [6, 6.07) is 18.5. The van der Waals surface area contributed by atoms with Gasteiger partial charge in [0, 0.05) is 11.0 Å². The van der Waals surface area contributed by atoms with Crippen LogP contribution in [0, 0.1) is 0 Å². The highest BCUT2D eigenvalue weighted by Gasteiger charge is 1.94. The van der Waals surface area contributed by atoms with Crippen molar-refractivity contribution in [3.63, 3.8) is 0 Å². The molecule has 0 unspecified atom stereocenters. The van der Waals surface area contributed by atoms with Crippen molar-refractivity contribution in [1.29, 1.82) is 0 Å². The molecule has 0 spiro atoms. The Morgan fingerprint density at radius 1 is 0.900 bits per heavy atom. The maximum absolute atomic E-state index is 5.64. The van der Waals surface area contributed by atoms with Gasteiger partial charge in [-0.2, -0.15) is 0 Å². The Kier molecular flexibility index (Phi) is 6.61. The van der Waals surface area contributed by atoms with Crippen molar-refractivity contribution in [1.82, 2.24) is 5.32 Å². The summed E-state index contributed by atoms with van der Waals surface area (Å²) in [7, 11) is 0. The van der Waals surface area contributed by atoms with Gasteiger partial charge in [0.1, 0.15) is 12.4 Å². The Balaban J connectivity index is 1.51. The van der Waals surface area contributed by atoms with Gasteiger partial charge < -0.3 is 10.1 Å². The Labute approximate surface area is 129 Å². The normalized spacial score (nSPS) is 10.4. The van der Waals surface area contributed by atoms with E-state index in [1.54, 1.807) is 0 Å². The third kappa shape index (κ3) is 5.76. The molecule has 0 fully saturated rings. The van der Waals surface area contributed by atoms with E-state index in [-0.39, 0.29) is 0 Å². The van der Waals surface area contributed by atoms with Gasteiger partial charge in [-0.1, -0.05) is 46.3 Å². The lowest BCUT2D eigenvalue weighted by atomic mass is 10.1. The lowest BCUT2D eigenvalue weighted by Crippen LogP contribution is -2.22. The second-order valence-electron chi connectivity index (χ2n) is 4.64. The fraction of sp³-hybridized carbons (Fsp3) is 0.294. The highest BCUT2D eigenvalue weighted by molar-refractivity contribution is 9.10. The Morgan fingerprint density at radius 2 is 1.65 bits per heavy atom. The summed E-state index contributed by atoms with van der Waals surface area (Å²) in [5.41, 5.74) is 1.40. The number of rotatable bonds is 8. The maximum Gasteiger partial charge on any atom is 0.119 e. The maximum atomic E-state index is 5.64. The fourth-order valence-electron chi connectivity index (χ4n) is 1.96. The van der Waals surface area contributed by atoms with E-state index in [0.29, 0.717) is 6.61 Å². The van der Waals surface area contributed by atoms with Gasteiger partial charge in [0.15, 0.2) is 0 Å². The molecule has 0 aliphatic rings. The summed E-state index contributed by atoms with van der Waals surface area (Å²) in [6.07, 6.45) is 2.28. The van der Waals surface area contributed by atoms with E-state index in [0.717, 1.165) is 36.2 Å². The Bertz CT molecular complexity index is 484. The molecule has 2 aromatic rings. The van der Waals surface area contributed by atoms with Crippen molar-refractivity contribution in [2.24, 2.45) is 0 Å². The van der Waals surface area contributed by atoms with Crippen LogP contribution in [0.5, 0.6) is 5.75 Å². The molecule has 20 heavy (non-hydrogen) atoms. The van der Waals surface area contributed by atoms with Crippen LogP contribution in [0.4, 0.5) is 0 Å². The predicted molar refractivity (Wildman–Crippen MR) is 87.3 cm³/mol. The minimum absolute atomic E-state index is 0.701. The van der Waals surface area contributed by atoms with Crippen molar-refractivity contribution in [2.75, 3.05) is 19.7 Å². The second kappa shape index (κ2) is 8.77. The molecule has 2 aromatic carbocycles. The fourth-order valence-corrected chi connectivity index (χ4v) is 2.22. The van der Waals surface area contributed by atoms with E-state index < -0.39 is 0 Å². The molecule has 0 aliphatic carbocycles. The average Bonchev–Trinajstić information content (AvgIpc) is 2.49. The van der Waals surface area contributed by atoms with Crippen LogP contribution in [-0.2, 0) is 6.42 Å². The van der Waals surface area contributed by atoms with Crippen molar-refractivity contribution in [3.8, 4) is 5.75 Å². The number of nitrogens with one attached hydrogen (secondary N) is 1. The Morgan fingerprint density at radius 3 is 2.40 bits per heavy atom. The van der Waals surface area contributed by atoms with Crippen LogP contribution in [0.1, 0.15) is 12.0 Å². The minimum atomic E-state index is 0.701. The van der Waals surface area contributed by atoms with Gasteiger partial charge in [0.25, 0.3) is 0 Å². The van der Waals surface area contributed by atoms with E-state index in [1.165, 1.54) is 5.56 Å². The van der Waals surface area contributed by atoms with Crippen molar-refractivity contribution in [3.05, 3.63) is 64.6 Å². The molecule has 0 atom stereocenters. The standard InChI is InChI=1S/C17H20BrNO/c18-16-8-10-17(11-9-16)20-14-13-19-12-4-7-15-5-2-1-3-6-15/h1-3,5-6,8-11,19H,4,7,12-14H2. The molecule has 0 aromatic heterocycles. The quantitative estimate of drug-likeness (QED) is 0.736. The summed E-state index contributed by atoms with van der Waals surface area (Å²) in [5.74, 6) is 0.916. The van der Waals surface area contributed by atoms with Gasteiger partial charge in [0.05, 0.1) is 0 Å². The summed E-state index contributed by atoms with van der Waals surface area (Å²) in [6.45, 7) is 2.61. The van der Waals surface area contributed by atoms with Crippen molar-refractivity contribution < 1.29 is 4.74 Å². The van der Waals surface area contributed by atoms with Gasteiger partial charge >= 0.3 is 0 Å². The van der Waals surface area contributed by atoms with E-state index in [1.807, 2.05) is 24.3 Å². The highest BCUT2D eigenvalue weighted by Crippen LogP contribution is 2.15. The van der Waals surface area contributed by atoms with Gasteiger partial charge in [0.2, 0.25) is 0 Å². The lowest BCUT2D eigenvalue weighted by molar-refractivity contribution is 0.314. The van der Waals surface area contributed by atoms with Crippen LogP contribution in [0.15, 0.2) is 59.1 Å². The third-order valence-electron chi connectivity index (χ3n) is 3.02. The monoisotopic (exact) mass is 333 g/mol. The van der Waals surface area contributed by atoms with Gasteiger partial charge in [-0.05, 0) is 49.2 Å². The predicted octanol–water partition coefficient (Wildman–Crippen LogP) is 4.05. The Hall–Kier alpha value is -1.32. The van der Waals surface area contributed by atoms with Gasteiger partial charge in [-0.3, -0.25) is 0 Å². The zero-order valence-corrected chi connectivity index (χ0v) is 13.1. The number of aryl methyl sites for hydroxylation is 1. The first-order valence-corrected chi connectivity index (χ1v) is 7.77. The topological polar surface area (TPSA) is 21.3 Å². The van der Waals surface area contributed by atoms with E-state index in [9.17, 15) is 0 Å². The first-order chi connectivity index (χ1) is 9.84. The first-order valence-electron chi connectivity index (χ1n) is 6.97. The summed E-state index contributed by atoms with van der Waals surface area (Å²) < 4.78 is 6.72. The number of hydrogen-bond acceptors (Lipinski definition) is 2. The number of benzene rings is 2. The number of hydrogen-bond donors (Lipinski definition) is 1. The molecule has 3 heteroatoms. The number of ether oxygens (including phenoxy) is 1. The van der Waals surface area contributed by atoms with Gasteiger partial charge in [-0.15, -0.1) is 0 Å². The second-order valence-corrected chi connectivity index (χ2v) is 5.56. The van der Waals surface area contributed by atoms with Crippen LogP contribution < -0.4 is 10.1 Å². The molecule has 0 bridgehead atoms. The molecule has 0 amide bonds. The molecule has 0 saturated carbocycles. The smallest absolute Gasteiger partial charge is 0.119 e. The molecule has 2 rings (SSSR count). The molecule has 0 saturated heterocycles. The van der Waals surface area contributed by atoms with E-state index in [4.69, 9.17) is 4.74 Å². The van der Waals surface area contributed by atoms with Crippen LogP contribution in [0.2, 0.25) is 0 Å². The summed E-state index contributed by atoms with van der Waals surface area (Å²) in [5, 5.41) is 3.40. The molecule has 0 radical (unpaired) electrons. The SMILES string of the molecule is Brc1ccc(OCCNCCCc2ccccc2)cc1. The summed E-state index contributed by atoms with van der Waals surface area (Å²) >= 11 is 3.41. The zero-order valence-electron chi connectivity index (χ0n) is 11.5. The van der Waals surface area contributed by atoms with Crippen molar-refractivity contribution in [2.45, 2.75) is 12.8 Å². The molecule has 0 aliphatic heterocycles. The summed E-state index contributed by atoms with van der Waals surface area (Å²) in [4.78, 5) is 0. The minimum Gasteiger partial charge on any atom is -0.492 e. The first kappa shape index (κ1) is 15.1. The van der Waals surface area contributed by atoms with Crippen LogP contribution in [0.25, 0.3) is 0 Å². The van der Waals surface area contributed by atoms with Gasteiger partial charge in [-0.25, -0.2) is 0 Å². The third-order valence-corrected chi connectivity index (χ3v) is 3.55. The molecular formula is C17H20BrNO. The molecule has 106 valence electrons. The molecule has 1 N–H and O–H groups in total. The van der Waals surface area contributed by atoms with E-state index in [2.05, 4.69) is 51.6 Å². The van der Waals surface area contributed by atoms with Crippen LogP contribution in [-0.4, -0.2) is 19.7 Å². The zero-order chi connectivity index (χ0) is 14.0. The average molecular weight is 334 g/mol. The van der Waals surface area contributed by atoms with Crippen LogP contribution in [0.3, 0.4) is 0 Å².